The van der Waals surface area contributed by atoms with Gasteiger partial charge in [0.25, 0.3) is 0 Å². The normalized spacial score (nSPS) is 14.4. The number of fused-ring (bicyclic) bond motifs is 1. The van der Waals surface area contributed by atoms with E-state index in [1.165, 1.54) is 6.92 Å². The minimum atomic E-state index is -1.39. The average molecular weight is 307 g/mol. The summed E-state index contributed by atoms with van der Waals surface area (Å²) in [5.41, 5.74) is -0.508. The van der Waals surface area contributed by atoms with Gasteiger partial charge in [0.2, 0.25) is 5.43 Å². The number of benzene rings is 1. The lowest BCUT2D eigenvalue weighted by atomic mass is 10.2. The minimum absolute atomic E-state index is 0.0781. The number of aliphatic hydroxyl groups excluding tert-OH is 1. The number of aliphatic imine (C=N–C) groups is 1. The first kappa shape index (κ1) is 15.1. The Balaban J connectivity index is 2.52. The average Bonchev–Trinajstić information content (AvgIpc) is 2.41. The Kier molecular flexibility index (Phi) is 4.35. The molecule has 0 aliphatic heterocycles. The first-order valence-corrected chi connectivity index (χ1v) is 6.92. The quantitative estimate of drug-likeness (QED) is 0.736. The first-order valence-electron chi connectivity index (χ1n) is 6.10. The standard InChI is InChI=1S/C14H13NO5S/c1-7(16)11(13(18)19)15-6-9-12(17)8-4-2-3-5-10(8)21-14(9)20/h2-7,11,16,20H,1H3,(H,18,19)/t7-,11+/m1/s1. The summed E-state index contributed by atoms with van der Waals surface area (Å²) < 4.78 is 0.627. The highest BCUT2D eigenvalue weighted by Gasteiger charge is 2.21. The number of nitrogens with zero attached hydrogens (tertiary/aromatic N) is 1. The highest BCUT2D eigenvalue weighted by Crippen LogP contribution is 2.26. The fraction of sp³-hybridized carbons (Fsp3) is 0.214. The Hall–Kier alpha value is -2.25. The molecular formula is C14H13NO5S. The van der Waals surface area contributed by atoms with Crippen molar-refractivity contribution >= 4 is 33.6 Å². The summed E-state index contributed by atoms with van der Waals surface area (Å²) in [5.74, 6) is -1.31. The molecule has 0 unspecified atom stereocenters. The summed E-state index contributed by atoms with van der Waals surface area (Å²) in [5, 5.41) is 28.3. The van der Waals surface area contributed by atoms with Gasteiger partial charge in [-0.3, -0.25) is 9.79 Å². The van der Waals surface area contributed by atoms with Crippen molar-refractivity contribution in [3.8, 4) is 5.06 Å². The number of hydrogen-bond acceptors (Lipinski definition) is 6. The lowest BCUT2D eigenvalue weighted by Crippen LogP contribution is -2.30. The van der Waals surface area contributed by atoms with E-state index in [9.17, 15) is 19.8 Å². The second-order valence-corrected chi connectivity index (χ2v) is 5.48. The zero-order chi connectivity index (χ0) is 15.6. The largest absolute Gasteiger partial charge is 0.499 e. The van der Waals surface area contributed by atoms with Crippen LogP contribution in [0.25, 0.3) is 10.1 Å². The molecule has 6 nitrogen and oxygen atoms in total. The molecule has 2 aromatic rings. The van der Waals surface area contributed by atoms with Crippen molar-refractivity contribution in [1.82, 2.24) is 0 Å². The minimum Gasteiger partial charge on any atom is -0.499 e. The predicted molar refractivity (Wildman–Crippen MR) is 80.5 cm³/mol. The SMILES string of the molecule is C[C@@H](O)[C@H](N=Cc1c(O)sc2ccccc2c1=O)C(=O)O. The maximum Gasteiger partial charge on any atom is 0.331 e. The Labute approximate surface area is 123 Å². The van der Waals surface area contributed by atoms with Gasteiger partial charge in [0, 0.05) is 16.3 Å². The molecule has 0 bridgehead atoms. The Morgan fingerprint density at radius 1 is 1.38 bits per heavy atom. The molecule has 110 valence electrons. The van der Waals surface area contributed by atoms with Crippen LogP contribution in [-0.2, 0) is 4.79 Å². The van der Waals surface area contributed by atoms with Gasteiger partial charge in [0.05, 0.1) is 11.7 Å². The van der Waals surface area contributed by atoms with E-state index in [1.807, 2.05) is 0 Å². The van der Waals surface area contributed by atoms with Crippen molar-refractivity contribution in [3.63, 3.8) is 0 Å². The molecule has 1 aromatic carbocycles. The van der Waals surface area contributed by atoms with Crippen LogP contribution in [0, 0.1) is 0 Å². The van der Waals surface area contributed by atoms with Crippen LogP contribution in [-0.4, -0.2) is 39.6 Å². The molecule has 2 rings (SSSR count). The van der Waals surface area contributed by atoms with Crippen LogP contribution in [0.5, 0.6) is 5.06 Å². The smallest absolute Gasteiger partial charge is 0.331 e. The highest BCUT2D eigenvalue weighted by atomic mass is 32.1. The number of aromatic hydroxyl groups is 1. The summed E-state index contributed by atoms with van der Waals surface area (Å²) in [6.07, 6.45) is -0.202. The maximum absolute atomic E-state index is 12.2. The van der Waals surface area contributed by atoms with Gasteiger partial charge < -0.3 is 15.3 Å². The van der Waals surface area contributed by atoms with Gasteiger partial charge >= 0.3 is 5.97 Å². The van der Waals surface area contributed by atoms with Crippen molar-refractivity contribution in [1.29, 1.82) is 0 Å². The number of carboxylic acids is 1. The molecule has 0 spiro atoms. The molecule has 3 N–H and O–H groups in total. The number of aliphatic carboxylic acids is 1. The molecule has 21 heavy (non-hydrogen) atoms. The number of aliphatic hydroxyl groups is 1. The lowest BCUT2D eigenvalue weighted by molar-refractivity contribution is -0.140. The summed E-state index contributed by atoms with van der Waals surface area (Å²) in [6.45, 7) is 1.29. The van der Waals surface area contributed by atoms with Crippen molar-refractivity contribution in [2.45, 2.75) is 19.1 Å². The third-order valence-corrected chi connectivity index (χ3v) is 3.88. The summed E-state index contributed by atoms with van der Waals surface area (Å²) in [4.78, 5) is 26.9. The van der Waals surface area contributed by atoms with Crippen LogP contribution in [0.2, 0.25) is 0 Å². The number of carbonyl (C=O) groups is 1. The van der Waals surface area contributed by atoms with E-state index in [0.29, 0.717) is 10.1 Å². The van der Waals surface area contributed by atoms with E-state index < -0.39 is 23.5 Å². The first-order chi connectivity index (χ1) is 9.91. The molecule has 0 amide bonds. The fourth-order valence-electron chi connectivity index (χ4n) is 1.81. The highest BCUT2D eigenvalue weighted by molar-refractivity contribution is 7.20. The molecule has 0 radical (unpaired) electrons. The van der Waals surface area contributed by atoms with Crippen LogP contribution < -0.4 is 5.43 Å². The van der Waals surface area contributed by atoms with Crippen LogP contribution in [0.15, 0.2) is 34.1 Å². The number of carboxylic acid groups (broad SMARTS) is 1. The van der Waals surface area contributed by atoms with Gasteiger partial charge in [-0.15, -0.1) is 0 Å². The second kappa shape index (κ2) is 6.02. The van der Waals surface area contributed by atoms with Crippen molar-refractivity contribution in [2.75, 3.05) is 0 Å². The van der Waals surface area contributed by atoms with E-state index in [4.69, 9.17) is 5.11 Å². The zero-order valence-corrected chi connectivity index (χ0v) is 11.9. The molecule has 0 aliphatic rings. The van der Waals surface area contributed by atoms with Gasteiger partial charge in [-0.1, -0.05) is 23.5 Å². The second-order valence-electron chi connectivity index (χ2n) is 4.45. The topological polar surface area (TPSA) is 107 Å². The molecule has 1 aromatic heterocycles. The summed E-state index contributed by atoms with van der Waals surface area (Å²) >= 11 is 1.01. The maximum atomic E-state index is 12.2. The number of hydrogen-bond donors (Lipinski definition) is 3. The van der Waals surface area contributed by atoms with Crippen LogP contribution in [0.4, 0.5) is 0 Å². The van der Waals surface area contributed by atoms with E-state index in [1.54, 1.807) is 24.3 Å². The molecule has 7 heteroatoms. The monoisotopic (exact) mass is 307 g/mol. The predicted octanol–water partition coefficient (Wildman–Crippen LogP) is 1.22. The lowest BCUT2D eigenvalue weighted by Gasteiger charge is -2.09. The van der Waals surface area contributed by atoms with Crippen LogP contribution in [0.1, 0.15) is 12.5 Å². The van der Waals surface area contributed by atoms with Crippen LogP contribution >= 0.6 is 11.3 Å². The molecule has 0 saturated heterocycles. The van der Waals surface area contributed by atoms with Crippen LogP contribution in [0.3, 0.4) is 0 Å². The molecule has 0 fully saturated rings. The van der Waals surface area contributed by atoms with Gasteiger partial charge in [-0.25, -0.2) is 4.79 Å². The molecule has 2 atom stereocenters. The molecule has 0 aliphatic carbocycles. The van der Waals surface area contributed by atoms with Gasteiger partial charge in [-0.05, 0) is 19.1 Å². The Morgan fingerprint density at radius 2 is 2.05 bits per heavy atom. The van der Waals surface area contributed by atoms with Gasteiger partial charge in [0.15, 0.2) is 11.1 Å². The van der Waals surface area contributed by atoms with Gasteiger partial charge in [0.1, 0.15) is 0 Å². The Morgan fingerprint density at radius 3 is 2.67 bits per heavy atom. The Bertz CT molecular complexity index is 766. The molecular weight excluding hydrogens is 294 g/mol. The summed E-state index contributed by atoms with van der Waals surface area (Å²) in [7, 11) is 0. The van der Waals surface area contributed by atoms with E-state index in [0.717, 1.165) is 17.6 Å². The van der Waals surface area contributed by atoms with Crippen molar-refractivity contribution < 1.29 is 20.1 Å². The summed E-state index contributed by atoms with van der Waals surface area (Å²) in [6, 6.07) is 5.39. The molecule has 1 heterocycles. The van der Waals surface area contributed by atoms with Gasteiger partial charge in [-0.2, -0.15) is 0 Å². The molecule has 0 saturated carbocycles. The van der Waals surface area contributed by atoms with E-state index >= 15 is 0 Å². The van der Waals surface area contributed by atoms with E-state index in [-0.39, 0.29) is 10.6 Å². The van der Waals surface area contributed by atoms with E-state index in [2.05, 4.69) is 4.99 Å². The van der Waals surface area contributed by atoms with Crippen molar-refractivity contribution in [3.05, 3.63) is 40.1 Å². The third-order valence-electron chi connectivity index (χ3n) is 2.89. The van der Waals surface area contributed by atoms with Crippen molar-refractivity contribution in [2.24, 2.45) is 4.99 Å². The third kappa shape index (κ3) is 3.09. The zero-order valence-electron chi connectivity index (χ0n) is 11.1. The number of rotatable bonds is 4. The fourth-order valence-corrected chi connectivity index (χ4v) is 2.69.